The van der Waals surface area contributed by atoms with Gasteiger partial charge in [0.05, 0.1) is 11.9 Å². The Morgan fingerprint density at radius 1 is 1.21 bits per heavy atom. The topological polar surface area (TPSA) is 92.6 Å². The molecule has 29 heavy (non-hydrogen) atoms. The monoisotopic (exact) mass is 414 g/mol. The van der Waals surface area contributed by atoms with Crippen LogP contribution in [0.2, 0.25) is 0 Å². The molecule has 0 unspecified atom stereocenters. The third-order valence-corrected chi connectivity index (χ3v) is 7.30. The summed E-state index contributed by atoms with van der Waals surface area (Å²) in [4.78, 5) is 17.1. The SMILES string of the molecule is CCS(=O)(=O)c1ccc(C[n+]2c(O)c(C3CCCC3)c(=O)n3ccccc32)cn1. The van der Waals surface area contributed by atoms with Crippen molar-refractivity contribution in [1.29, 1.82) is 0 Å². The molecule has 8 heteroatoms. The highest BCUT2D eigenvalue weighted by atomic mass is 32.2. The molecule has 4 rings (SSSR count). The highest BCUT2D eigenvalue weighted by molar-refractivity contribution is 7.91. The van der Waals surface area contributed by atoms with E-state index in [2.05, 4.69) is 4.98 Å². The number of hydrogen-bond acceptors (Lipinski definition) is 5. The Morgan fingerprint density at radius 3 is 2.62 bits per heavy atom. The van der Waals surface area contributed by atoms with Crippen LogP contribution in [0.5, 0.6) is 5.88 Å². The van der Waals surface area contributed by atoms with Crippen LogP contribution in [0.3, 0.4) is 0 Å². The van der Waals surface area contributed by atoms with Gasteiger partial charge in [0.25, 0.3) is 11.5 Å². The summed E-state index contributed by atoms with van der Waals surface area (Å²) < 4.78 is 27.2. The zero-order valence-corrected chi connectivity index (χ0v) is 17.1. The van der Waals surface area contributed by atoms with Crippen molar-refractivity contribution in [2.75, 3.05) is 5.75 Å². The van der Waals surface area contributed by atoms with Gasteiger partial charge in [-0.1, -0.05) is 31.9 Å². The number of sulfone groups is 1. The van der Waals surface area contributed by atoms with E-state index in [1.807, 2.05) is 6.07 Å². The first-order chi connectivity index (χ1) is 13.9. The molecule has 1 aliphatic carbocycles. The molecule has 152 valence electrons. The van der Waals surface area contributed by atoms with Crippen LogP contribution in [0.25, 0.3) is 5.65 Å². The van der Waals surface area contributed by atoms with Crippen molar-refractivity contribution in [2.24, 2.45) is 0 Å². The quantitative estimate of drug-likeness (QED) is 0.646. The third-order valence-electron chi connectivity index (χ3n) is 5.66. The first kappa shape index (κ1) is 19.6. The van der Waals surface area contributed by atoms with Gasteiger partial charge in [-0.25, -0.2) is 18.2 Å². The lowest BCUT2D eigenvalue weighted by Crippen LogP contribution is -2.42. The van der Waals surface area contributed by atoms with Crippen molar-refractivity contribution < 1.29 is 18.1 Å². The maximum absolute atomic E-state index is 13.0. The molecular formula is C21H24N3O4S+. The maximum atomic E-state index is 13.0. The minimum absolute atomic E-state index is 0.00806. The molecule has 0 aliphatic heterocycles. The van der Waals surface area contributed by atoms with E-state index < -0.39 is 9.84 Å². The molecule has 0 amide bonds. The summed E-state index contributed by atoms with van der Waals surface area (Å²) in [7, 11) is -3.37. The van der Waals surface area contributed by atoms with Crippen molar-refractivity contribution in [3.8, 4) is 5.88 Å². The van der Waals surface area contributed by atoms with E-state index in [9.17, 15) is 18.3 Å². The molecule has 1 saturated carbocycles. The Bertz CT molecular complexity index is 1210. The van der Waals surface area contributed by atoms with Crippen LogP contribution < -0.4 is 10.1 Å². The smallest absolute Gasteiger partial charge is 0.349 e. The number of pyridine rings is 2. The van der Waals surface area contributed by atoms with Crippen molar-refractivity contribution in [2.45, 2.75) is 50.1 Å². The van der Waals surface area contributed by atoms with Crippen LogP contribution in [-0.2, 0) is 16.4 Å². The van der Waals surface area contributed by atoms with E-state index in [1.165, 1.54) is 12.3 Å². The van der Waals surface area contributed by atoms with Gasteiger partial charge in [-0.05, 0) is 30.9 Å². The minimum atomic E-state index is -3.37. The summed E-state index contributed by atoms with van der Waals surface area (Å²) >= 11 is 0. The number of hydrogen-bond donors (Lipinski definition) is 1. The Balaban J connectivity index is 1.82. The van der Waals surface area contributed by atoms with Crippen LogP contribution >= 0.6 is 0 Å². The number of rotatable bonds is 5. The number of fused-ring (bicyclic) bond motifs is 1. The molecule has 0 bridgehead atoms. The Labute approximate surface area is 169 Å². The fourth-order valence-electron chi connectivity index (χ4n) is 4.05. The summed E-state index contributed by atoms with van der Waals surface area (Å²) in [5, 5.41) is 11.1. The van der Waals surface area contributed by atoms with Gasteiger partial charge in [0.1, 0.15) is 12.1 Å². The molecular weight excluding hydrogens is 390 g/mol. The predicted molar refractivity (Wildman–Crippen MR) is 108 cm³/mol. The summed E-state index contributed by atoms with van der Waals surface area (Å²) in [6.07, 6.45) is 7.12. The van der Waals surface area contributed by atoms with Crippen LogP contribution in [0.4, 0.5) is 0 Å². The molecule has 3 aromatic heterocycles. The van der Waals surface area contributed by atoms with E-state index in [4.69, 9.17) is 0 Å². The fraction of sp³-hybridized carbons (Fsp3) is 0.381. The van der Waals surface area contributed by atoms with Gasteiger partial charge in [-0.15, -0.1) is 0 Å². The fourth-order valence-corrected chi connectivity index (χ4v) is 4.84. The van der Waals surface area contributed by atoms with Crippen LogP contribution in [0, 0.1) is 0 Å². The predicted octanol–water partition coefficient (Wildman–Crippen LogP) is 2.19. The zero-order chi connectivity index (χ0) is 20.6. The second kappa shape index (κ2) is 7.59. The Kier molecular flexibility index (Phi) is 5.12. The molecule has 1 fully saturated rings. The van der Waals surface area contributed by atoms with Crippen LogP contribution in [0.1, 0.15) is 49.7 Å². The van der Waals surface area contributed by atoms with E-state index in [0.29, 0.717) is 11.2 Å². The average molecular weight is 415 g/mol. The lowest BCUT2D eigenvalue weighted by Gasteiger charge is -2.13. The highest BCUT2D eigenvalue weighted by Gasteiger charge is 2.31. The first-order valence-electron chi connectivity index (χ1n) is 9.86. The minimum Gasteiger partial charge on any atom is -0.477 e. The molecule has 0 aromatic carbocycles. The van der Waals surface area contributed by atoms with Crippen LogP contribution in [-0.4, -0.2) is 28.7 Å². The van der Waals surface area contributed by atoms with E-state index in [1.54, 1.807) is 40.3 Å². The van der Waals surface area contributed by atoms with Gasteiger partial charge in [0.2, 0.25) is 0 Å². The van der Waals surface area contributed by atoms with Crippen LogP contribution in [0.15, 0.2) is 52.5 Å². The van der Waals surface area contributed by atoms with Gasteiger partial charge in [-0.2, -0.15) is 8.97 Å². The third kappa shape index (κ3) is 3.53. The van der Waals surface area contributed by atoms with Crippen molar-refractivity contribution >= 4 is 15.5 Å². The number of aromatic hydroxyl groups is 1. The average Bonchev–Trinajstić information content (AvgIpc) is 3.26. The molecule has 1 aliphatic rings. The van der Waals surface area contributed by atoms with Crippen molar-refractivity contribution in [1.82, 2.24) is 9.38 Å². The Morgan fingerprint density at radius 2 is 1.97 bits per heavy atom. The standard InChI is InChI=1S/C21H23N3O4S/c1-2-29(27,28)17-11-10-15(13-22-17)14-24-18-9-5-6-12-23(18)20(25)19(21(24)26)16-7-3-4-8-16/h5-6,9-13,16H,2-4,7-8,14H2,1H3/p+1. The maximum Gasteiger partial charge on any atom is 0.349 e. The van der Waals surface area contributed by atoms with Gasteiger partial charge in [0, 0.05) is 17.8 Å². The largest absolute Gasteiger partial charge is 0.477 e. The molecule has 7 nitrogen and oxygen atoms in total. The van der Waals surface area contributed by atoms with E-state index >= 15 is 0 Å². The first-order valence-corrected chi connectivity index (χ1v) is 11.5. The summed E-state index contributed by atoms with van der Waals surface area (Å²) in [6, 6.07) is 8.57. The number of aromatic nitrogens is 3. The number of nitrogens with zero attached hydrogens (tertiary/aromatic N) is 3. The molecule has 3 heterocycles. The summed E-state index contributed by atoms with van der Waals surface area (Å²) in [6.45, 7) is 1.86. The van der Waals surface area contributed by atoms with E-state index in [-0.39, 0.29) is 34.7 Å². The molecule has 0 atom stereocenters. The molecule has 0 radical (unpaired) electrons. The lowest BCUT2D eigenvalue weighted by atomic mass is 9.99. The summed E-state index contributed by atoms with van der Waals surface area (Å²) in [5.74, 6) is 0.0331. The Hall–Kier alpha value is -2.74. The molecule has 3 aromatic rings. The summed E-state index contributed by atoms with van der Waals surface area (Å²) in [5.41, 5.74) is 1.59. The normalized spacial score (nSPS) is 15.2. The zero-order valence-electron chi connectivity index (χ0n) is 16.3. The van der Waals surface area contributed by atoms with E-state index in [0.717, 1.165) is 31.2 Å². The molecule has 0 saturated heterocycles. The second-order valence-corrected chi connectivity index (χ2v) is 9.67. The van der Waals surface area contributed by atoms with Gasteiger partial charge < -0.3 is 5.11 Å². The molecule has 1 N–H and O–H groups in total. The van der Waals surface area contributed by atoms with Gasteiger partial charge >= 0.3 is 5.56 Å². The second-order valence-electron chi connectivity index (χ2n) is 7.45. The van der Waals surface area contributed by atoms with Gasteiger partial charge in [-0.3, -0.25) is 0 Å². The highest BCUT2D eigenvalue weighted by Crippen LogP contribution is 2.35. The molecule has 0 spiro atoms. The van der Waals surface area contributed by atoms with Crippen molar-refractivity contribution in [3.05, 3.63) is 64.2 Å². The van der Waals surface area contributed by atoms with Gasteiger partial charge in [0.15, 0.2) is 14.9 Å². The lowest BCUT2D eigenvalue weighted by molar-refractivity contribution is -0.672. The van der Waals surface area contributed by atoms with Crippen molar-refractivity contribution in [3.63, 3.8) is 0 Å².